The molecule has 0 aromatic rings. The maximum absolute atomic E-state index is 5.59. The average molecular weight is 437 g/mol. The summed E-state index contributed by atoms with van der Waals surface area (Å²) >= 11 is 0. The quantitative estimate of drug-likeness (QED) is 0.184. The number of nitrogens with zero attached hydrogens (tertiary/aromatic N) is 2. The molecule has 1 fully saturated rings. The molecular weight excluding hydrogens is 401 g/mol. The van der Waals surface area contributed by atoms with Gasteiger partial charge in [0.05, 0.1) is 0 Å². The third kappa shape index (κ3) is 8.38. The van der Waals surface area contributed by atoms with E-state index in [9.17, 15) is 0 Å². The van der Waals surface area contributed by atoms with Gasteiger partial charge in [-0.3, -0.25) is 4.99 Å². The van der Waals surface area contributed by atoms with Crippen molar-refractivity contribution in [3.63, 3.8) is 0 Å². The van der Waals surface area contributed by atoms with Crippen LogP contribution in [0.3, 0.4) is 0 Å². The summed E-state index contributed by atoms with van der Waals surface area (Å²) in [6.45, 7) is 9.57. The first-order valence-corrected chi connectivity index (χ1v) is 8.78. The van der Waals surface area contributed by atoms with Crippen LogP contribution in [0.1, 0.15) is 51.9 Å². The van der Waals surface area contributed by atoms with Crippen LogP contribution in [0.4, 0.5) is 0 Å². The van der Waals surface area contributed by atoms with Gasteiger partial charge in [-0.25, -0.2) is 0 Å². The molecule has 4 nitrogen and oxygen atoms in total. The van der Waals surface area contributed by atoms with Crippen molar-refractivity contribution in [1.29, 1.82) is 0 Å². The maximum atomic E-state index is 5.59. The van der Waals surface area contributed by atoms with E-state index in [0.717, 1.165) is 51.5 Å². The minimum Gasteiger partial charge on any atom is -0.382 e. The third-order valence-corrected chi connectivity index (χ3v) is 4.74. The molecule has 0 aliphatic heterocycles. The minimum absolute atomic E-state index is 0. The van der Waals surface area contributed by atoms with E-state index >= 15 is 0 Å². The number of hydrogen-bond acceptors (Lipinski definition) is 2. The fourth-order valence-corrected chi connectivity index (χ4v) is 3.30. The lowest BCUT2D eigenvalue weighted by atomic mass is 9.83. The molecule has 23 heavy (non-hydrogen) atoms. The van der Waals surface area contributed by atoms with Gasteiger partial charge in [0.15, 0.2) is 5.96 Å². The topological polar surface area (TPSA) is 36.9 Å². The molecule has 5 heteroatoms. The van der Waals surface area contributed by atoms with Crippen molar-refractivity contribution in [2.75, 3.05) is 40.4 Å². The van der Waals surface area contributed by atoms with Crippen molar-refractivity contribution in [3.05, 3.63) is 12.7 Å². The van der Waals surface area contributed by atoms with E-state index in [4.69, 9.17) is 4.74 Å². The first kappa shape index (κ1) is 22.7. The highest BCUT2D eigenvalue weighted by Gasteiger charge is 2.33. The SMILES string of the molecule is C=CCCCN(C)C(=NC)NCC1(CCOCC)CCCC1.I. The van der Waals surface area contributed by atoms with Gasteiger partial charge in [-0.15, -0.1) is 30.6 Å². The van der Waals surface area contributed by atoms with Gasteiger partial charge in [-0.2, -0.15) is 0 Å². The summed E-state index contributed by atoms with van der Waals surface area (Å²) in [5.41, 5.74) is 0.396. The minimum atomic E-state index is 0. The molecule has 1 N–H and O–H groups in total. The van der Waals surface area contributed by atoms with Gasteiger partial charge in [0.1, 0.15) is 0 Å². The molecular formula is C18H36IN3O. The Bertz CT molecular complexity index is 341. The second-order valence-electron chi connectivity index (χ2n) is 6.41. The summed E-state index contributed by atoms with van der Waals surface area (Å²) in [6.07, 6.45) is 10.6. The molecule has 0 amide bonds. The van der Waals surface area contributed by atoms with Crippen molar-refractivity contribution in [2.24, 2.45) is 10.4 Å². The summed E-state index contributed by atoms with van der Waals surface area (Å²) < 4.78 is 5.59. The Balaban J connectivity index is 0.00000484. The standard InChI is InChI=1S/C18H35N3O.HI/c1-5-7-10-14-21(4)17(19-3)20-16-18(11-8-9-12-18)13-15-22-6-2;/h5H,1,6-16H2,2-4H3,(H,19,20);1H. The highest BCUT2D eigenvalue weighted by Crippen LogP contribution is 2.40. The predicted molar refractivity (Wildman–Crippen MR) is 111 cm³/mol. The van der Waals surface area contributed by atoms with Gasteiger partial charge in [-0.1, -0.05) is 18.9 Å². The first-order chi connectivity index (χ1) is 10.7. The molecule has 1 aliphatic carbocycles. The summed E-state index contributed by atoms with van der Waals surface area (Å²) in [7, 11) is 3.98. The molecule has 136 valence electrons. The molecule has 0 radical (unpaired) electrons. The summed E-state index contributed by atoms with van der Waals surface area (Å²) in [5.74, 6) is 1.01. The number of guanidine groups is 1. The number of ether oxygens (including phenoxy) is 1. The van der Waals surface area contributed by atoms with Crippen LogP contribution in [0, 0.1) is 5.41 Å². The van der Waals surface area contributed by atoms with E-state index in [0.29, 0.717) is 5.41 Å². The van der Waals surface area contributed by atoms with Crippen molar-refractivity contribution in [2.45, 2.75) is 51.9 Å². The number of rotatable bonds is 10. The van der Waals surface area contributed by atoms with Gasteiger partial charge < -0.3 is 15.0 Å². The van der Waals surface area contributed by atoms with E-state index in [-0.39, 0.29) is 24.0 Å². The lowest BCUT2D eigenvalue weighted by molar-refractivity contribution is 0.104. The Kier molecular flexibility index (Phi) is 12.9. The number of hydrogen-bond donors (Lipinski definition) is 1. The van der Waals surface area contributed by atoms with Crippen molar-refractivity contribution in [3.8, 4) is 0 Å². The zero-order valence-electron chi connectivity index (χ0n) is 15.3. The first-order valence-electron chi connectivity index (χ1n) is 8.78. The Morgan fingerprint density at radius 1 is 1.39 bits per heavy atom. The monoisotopic (exact) mass is 437 g/mol. The van der Waals surface area contributed by atoms with Gasteiger partial charge in [0.2, 0.25) is 0 Å². The summed E-state index contributed by atoms with van der Waals surface area (Å²) in [6, 6.07) is 0. The second kappa shape index (κ2) is 13.0. The van der Waals surface area contributed by atoms with Gasteiger partial charge in [0, 0.05) is 40.4 Å². The molecule has 0 atom stereocenters. The Hall–Kier alpha value is -0.300. The number of unbranched alkanes of at least 4 members (excludes halogenated alkanes) is 1. The van der Waals surface area contributed by atoms with Crippen LogP contribution >= 0.6 is 24.0 Å². The van der Waals surface area contributed by atoms with E-state index in [1.165, 1.54) is 25.7 Å². The second-order valence-corrected chi connectivity index (χ2v) is 6.41. The highest BCUT2D eigenvalue weighted by molar-refractivity contribution is 14.0. The highest BCUT2D eigenvalue weighted by atomic mass is 127. The summed E-state index contributed by atoms with van der Waals surface area (Å²) in [5, 5.41) is 3.60. The van der Waals surface area contributed by atoms with Crippen LogP contribution in [0.15, 0.2) is 17.6 Å². The Labute approximate surface area is 160 Å². The average Bonchev–Trinajstić information content (AvgIpc) is 2.97. The van der Waals surface area contributed by atoms with Crippen LogP contribution in [-0.2, 0) is 4.74 Å². The van der Waals surface area contributed by atoms with E-state index < -0.39 is 0 Å². The molecule has 0 aromatic carbocycles. The Morgan fingerprint density at radius 2 is 2.09 bits per heavy atom. The molecule has 0 saturated heterocycles. The van der Waals surface area contributed by atoms with Crippen molar-refractivity contribution < 1.29 is 4.74 Å². The zero-order chi connectivity index (χ0) is 16.3. The van der Waals surface area contributed by atoms with Gasteiger partial charge in [-0.05, 0) is 44.4 Å². The molecule has 1 saturated carbocycles. The van der Waals surface area contributed by atoms with Crippen LogP contribution in [0.5, 0.6) is 0 Å². The number of allylic oxidation sites excluding steroid dienone is 1. The smallest absolute Gasteiger partial charge is 0.193 e. The molecule has 0 unspecified atom stereocenters. The van der Waals surface area contributed by atoms with E-state index in [2.05, 4.69) is 35.8 Å². The fraction of sp³-hybridized carbons (Fsp3) is 0.833. The number of aliphatic imine (C=N–C) groups is 1. The molecule has 0 aromatic heterocycles. The molecule has 1 aliphatic rings. The number of nitrogens with one attached hydrogen (secondary N) is 1. The fourth-order valence-electron chi connectivity index (χ4n) is 3.30. The molecule has 1 rings (SSSR count). The van der Waals surface area contributed by atoms with Crippen molar-refractivity contribution >= 4 is 29.9 Å². The maximum Gasteiger partial charge on any atom is 0.193 e. The third-order valence-electron chi connectivity index (χ3n) is 4.74. The van der Waals surface area contributed by atoms with Gasteiger partial charge in [0.25, 0.3) is 0 Å². The molecule has 0 bridgehead atoms. The van der Waals surface area contributed by atoms with Crippen LogP contribution < -0.4 is 5.32 Å². The van der Waals surface area contributed by atoms with Crippen LogP contribution in [-0.4, -0.2) is 51.3 Å². The normalized spacial score (nSPS) is 16.7. The van der Waals surface area contributed by atoms with Crippen LogP contribution in [0.25, 0.3) is 0 Å². The largest absolute Gasteiger partial charge is 0.382 e. The van der Waals surface area contributed by atoms with Gasteiger partial charge >= 0.3 is 0 Å². The van der Waals surface area contributed by atoms with Crippen molar-refractivity contribution in [1.82, 2.24) is 10.2 Å². The van der Waals surface area contributed by atoms with E-state index in [1.54, 1.807) is 0 Å². The lowest BCUT2D eigenvalue weighted by Crippen LogP contribution is -2.44. The molecule has 0 heterocycles. The lowest BCUT2D eigenvalue weighted by Gasteiger charge is -2.31. The zero-order valence-corrected chi connectivity index (χ0v) is 17.6. The summed E-state index contributed by atoms with van der Waals surface area (Å²) in [4.78, 5) is 6.65. The predicted octanol–water partition coefficient (Wildman–Crippen LogP) is 4.06. The van der Waals surface area contributed by atoms with E-state index in [1.807, 2.05) is 13.1 Å². The molecule has 0 spiro atoms. The van der Waals surface area contributed by atoms with Crippen LogP contribution in [0.2, 0.25) is 0 Å². The Morgan fingerprint density at radius 3 is 2.65 bits per heavy atom. The number of halogens is 1.